The van der Waals surface area contributed by atoms with Crippen LogP contribution < -0.4 is 0 Å². The van der Waals surface area contributed by atoms with Crippen LogP contribution in [0.5, 0.6) is 0 Å². The minimum Gasteiger partial charge on any atom is -0.373 e. The number of amides is 2. The lowest BCUT2D eigenvalue weighted by molar-refractivity contribution is -0.191. The number of ether oxygens (including phenoxy) is 1. The number of hydrogen-bond donors (Lipinski definition) is 0. The van der Waals surface area contributed by atoms with Crippen molar-refractivity contribution in [3.05, 3.63) is 10.1 Å². The third-order valence-electron chi connectivity index (χ3n) is 6.40. The van der Waals surface area contributed by atoms with E-state index in [1.54, 1.807) is 6.92 Å². The highest BCUT2D eigenvalue weighted by Gasteiger charge is 2.90. The van der Waals surface area contributed by atoms with Gasteiger partial charge in [0.1, 0.15) is 9.75 Å². The third kappa shape index (κ3) is 1.55. The maximum Gasteiger partial charge on any atom is 0.260 e. The second-order valence-corrected chi connectivity index (χ2v) is 10.5. The van der Waals surface area contributed by atoms with Crippen molar-refractivity contribution in [2.24, 2.45) is 23.7 Å². The summed E-state index contributed by atoms with van der Waals surface area (Å²) in [7, 11) is 0. The quantitative estimate of drug-likeness (QED) is 0.448. The van der Waals surface area contributed by atoms with E-state index in [2.05, 4.69) is 0 Å². The summed E-state index contributed by atoms with van der Waals surface area (Å²) in [4.78, 5) is 27.7. The molecule has 3 saturated heterocycles. The number of halogens is 6. The minimum atomic E-state index is -1.71. The molecule has 0 aromatic heterocycles. The van der Waals surface area contributed by atoms with E-state index >= 15 is 0 Å². The second-order valence-electron chi connectivity index (χ2n) is 7.18. The van der Waals surface area contributed by atoms with Gasteiger partial charge in [0.05, 0.1) is 40.7 Å². The number of rotatable bonds is 2. The van der Waals surface area contributed by atoms with Crippen molar-refractivity contribution in [2.75, 3.05) is 6.61 Å². The van der Waals surface area contributed by atoms with Crippen LogP contribution in [-0.4, -0.2) is 49.8 Å². The van der Waals surface area contributed by atoms with E-state index in [-0.39, 0.29) is 16.7 Å². The molecule has 5 rings (SSSR count). The largest absolute Gasteiger partial charge is 0.373 e. The van der Waals surface area contributed by atoms with Crippen LogP contribution in [0.25, 0.3) is 0 Å². The van der Waals surface area contributed by atoms with Crippen molar-refractivity contribution in [1.29, 1.82) is 0 Å². The molecule has 0 radical (unpaired) electrons. The zero-order chi connectivity index (χ0) is 19.0. The van der Waals surface area contributed by atoms with Gasteiger partial charge in [-0.05, 0) is 6.92 Å². The monoisotopic (exact) mass is 479 g/mol. The second kappa shape index (κ2) is 5.17. The van der Waals surface area contributed by atoms with E-state index in [1.165, 1.54) is 0 Å². The van der Waals surface area contributed by atoms with Crippen molar-refractivity contribution in [3.8, 4) is 0 Å². The molecular weight excluding hydrogens is 471 g/mol. The fraction of sp³-hybridized carbons (Fsp3) is 0.733. The summed E-state index contributed by atoms with van der Waals surface area (Å²) in [5.41, 5.74) is 0. The predicted octanol–water partition coefficient (Wildman–Crippen LogP) is 3.40. The number of alkyl halides is 4. The van der Waals surface area contributed by atoms with Crippen molar-refractivity contribution >= 4 is 81.4 Å². The highest BCUT2D eigenvalue weighted by Crippen LogP contribution is 2.81. The summed E-state index contributed by atoms with van der Waals surface area (Å²) in [6.45, 7) is 1.87. The van der Waals surface area contributed by atoms with E-state index in [4.69, 9.17) is 79.2 Å². The molecule has 8 unspecified atom stereocenters. The Hall–Kier alpha value is 0.540. The van der Waals surface area contributed by atoms with Crippen LogP contribution >= 0.6 is 69.6 Å². The molecule has 0 aromatic rings. The maximum absolute atomic E-state index is 12.8. The summed E-state index contributed by atoms with van der Waals surface area (Å²) in [5, 5.41) is 0.940. The first-order chi connectivity index (χ1) is 12.1. The molecule has 0 spiro atoms. The molecule has 2 aliphatic carbocycles. The van der Waals surface area contributed by atoms with E-state index in [9.17, 15) is 9.59 Å². The van der Waals surface area contributed by atoms with Crippen molar-refractivity contribution in [2.45, 2.75) is 33.2 Å². The van der Waals surface area contributed by atoms with Crippen LogP contribution in [0.3, 0.4) is 0 Å². The average molecular weight is 482 g/mol. The molecule has 4 bridgehead atoms. The molecule has 0 aromatic carbocycles. The van der Waals surface area contributed by atoms with Crippen LogP contribution in [0.1, 0.15) is 6.92 Å². The molecule has 5 aliphatic rings. The van der Waals surface area contributed by atoms with Gasteiger partial charge >= 0.3 is 0 Å². The number of nitrogens with zero attached hydrogens (tertiary/aromatic N) is 1. The van der Waals surface area contributed by atoms with Crippen molar-refractivity contribution in [1.82, 2.24) is 5.06 Å². The van der Waals surface area contributed by atoms with Crippen LogP contribution in [0.2, 0.25) is 0 Å². The molecule has 0 N–H and O–H groups in total. The molecule has 4 fully saturated rings. The summed E-state index contributed by atoms with van der Waals surface area (Å²) in [6, 6.07) is 0. The Balaban J connectivity index is 1.66. The summed E-state index contributed by atoms with van der Waals surface area (Å²) in [5.74, 6) is -3.50. The normalized spacial score (nSPS) is 53.1. The SMILES string of the molecule is CCON1C(=O)C2C3OC(C2C1=O)C1C3C2(Cl)C(Cl)=C(Cl)C1(Cl)C2(Cl)Cl. The third-order valence-corrected chi connectivity index (χ3v) is 10.7. The highest BCUT2D eigenvalue weighted by atomic mass is 35.5. The Morgan fingerprint density at radius 2 is 1.38 bits per heavy atom. The molecule has 5 nitrogen and oxygen atoms in total. The van der Waals surface area contributed by atoms with Crippen molar-refractivity contribution < 1.29 is 19.2 Å². The molecule has 26 heavy (non-hydrogen) atoms. The van der Waals surface area contributed by atoms with Gasteiger partial charge in [0.25, 0.3) is 11.8 Å². The Bertz CT molecular complexity index is 745. The summed E-state index contributed by atoms with van der Waals surface area (Å²) >= 11 is 39.7. The van der Waals surface area contributed by atoms with Gasteiger partial charge in [-0.15, -0.1) is 23.2 Å². The Kier molecular flexibility index (Phi) is 3.69. The van der Waals surface area contributed by atoms with Gasteiger partial charge in [0.2, 0.25) is 0 Å². The molecule has 11 heteroatoms. The zero-order valence-electron chi connectivity index (χ0n) is 13.0. The van der Waals surface area contributed by atoms with E-state index in [0.29, 0.717) is 0 Å². The standard InChI is InChI=1S/C15H11Cl6NO4/c1-2-25-22-11(23)3-4(12(22)24)8-6-5(7(3)26-8)13(18)9(16)10(17)14(6,19)15(13,20)21/h3-8H,2H2,1H3. The van der Waals surface area contributed by atoms with Gasteiger partial charge in [-0.3, -0.25) is 14.4 Å². The van der Waals surface area contributed by atoms with Crippen LogP contribution in [0.15, 0.2) is 10.1 Å². The fourth-order valence-corrected chi connectivity index (χ4v) is 8.59. The van der Waals surface area contributed by atoms with E-state index < -0.39 is 61.8 Å². The Morgan fingerprint density at radius 1 is 0.962 bits per heavy atom. The summed E-state index contributed by atoms with van der Waals surface area (Å²) < 4.78 is 4.31. The molecular formula is C15H11Cl6NO4. The first-order valence-electron chi connectivity index (χ1n) is 8.04. The smallest absolute Gasteiger partial charge is 0.260 e. The van der Waals surface area contributed by atoms with E-state index in [1.807, 2.05) is 0 Å². The van der Waals surface area contributed by atoms with Crippen molar-refractivity contribution in [3.63, 3.8) is 0 Å². The van der Waals surface area contributed by atoms with Gasteiger partial charge < -0.3 is 4.74 Å². The number of hydroxylamine groups is 2. The summed E-state index contributed by atoms with van der Waals surface area (Å²) in [6.07, 6.45) is -1.41. The van der Waals surface area contributed by atoms with Gasteiger partial charge in [-0.1, -0.05) is 46.4 Å². The number of imide groups is 1. The number of allylic oxidation sites excluding steroid dienone is 2. The number of fused-ring (bicyclic) bond motifs is 12. The lowest BCUT2D eigenvalue weighted by Gasteiger charge is -2.39. The molecule has 8 atom stereocenters. The first-order valence-corrected chi connectivity index (χ1v) is 10.3. The zero-order valence-corrected chi connectivity index (χ0v) is 17.6. The first kappa shape index (κ1) is 18.6. The number of hydrogen-bond acceptors (Lipinski definition) is 4. The maximum atomic E-state index is 12.8. The van der Waals surface area contributed by atoms with Crippen LogP contribution in [0.4, 0.5) is 0 Å². The topological polar surface area (TPSA) is 55.8 Å². The highest BCUT2D eigenvalue weighted by molar-refractivity contribution is 6.65. The lowest BCUT2D eigenvalue weighted by Crippen LogP contribution is -2.50. The number of carbonyl (C=O) groups excluding carboxylic acids is 2. The Labute approximate surface area is 178 Å². The molecule has 2 amide bonds. The van der Waals surface area contributed by atoms with Gasteiger partial charge in [0.15, 0.2) is 4.33 Å². The molecule has 1 saturated carbocycles. The predicted molar refractivity (Wildman–Crippen MR) is 96.4 cm³/mol. The van der Waals surface area contributed by atoms with Gasteiger partial charge in [-0.2, -0.15) is 5.06 Å². The fourth-order valence-electron chi connectivity index (χ4n) is 5.53. The van der Waals surface area contributed by atoms with Crippen LogP contribution in [0, 0.1) is 23.7 Å². The van der Waals surface area contributed by atoms with Gasteiger partial charge in [0, 0.05) is 11.8 Å². The minimum absolute atomic E-state index is 0.0632. The number of carbonyl (C=O) groups is 2. The van der Waals surface area contributed by atoms with Crippen LogP contribution in [-0.2, 0) is 19.2 Å². The average Bonchev–Trinajstić information content (AvgIpc) is 3.28. The molecule has 3 heterocycles. The lowest BCUT2D eigenvalue weighted by atomic mass is 9.65. The molecule has 142 valence electrons. The molecule has 3 aliphatic heterocycles. The Morgan fingerprint density at radius 3 is 1.77 bits per heavy atom. The van der Waals surface area contributed by atoms with E-state index in [0.717, 1.165) is 5.06 Å². The van der Waals surface area contributed by atoms with Gasteiger partial charge in [-0.25, -0.2) is 0 Å².